The van der Waals surface area contributed by atoms with E-state index in [-0.39, 0.29) is 5.82 Å². The van der Waals surface area contributed by atoms with E-state index in [1.807, 2.05) is 30.3 Å². The average Bonchev–Trinajstić information content (AvgIpc) is 3.20. The van der Waals surface area contributed by atoms with Gasteiger partial charge < -0.3 is 35.0 Å². The number of aliphatic hydroxyl groups is 2. The number of phosphoric ester groups is 1. The Bertz CT molecular complexity index is 1070. The number of nitrogens with two attached hydrogens (primary N) is 1. The molecule has 0 spiro atoms. The number of hydrogen-bond donors (Lipinski definition) is 5. The van der Waals surface area contributed by atoms with Gasteiger partial charge in [0, 0.05) is 11.8 Å². The van der Waals surface area contributed by atoms with Crippen LogP contribution in [0.3, 0.4) is 0 Å². The van der Waals surface area contributed by atoms with E-state index in [0.717, 1.165) is 5.56 Å². The van der Waals surface area contributed by atoms with Crippen molar-refractivity contribution in [3.8, 4) is 11.1 Å². The van der Waals surface area contributed by atoms with Crippen LogP contribution in [0.25, 0.3) is 22.2 Å². The molecule has 0 amide bonds. The summed E-state index contributed by atoms with van der Waals surface area (Å²) in [5.74, 6) is 0.238. The number of aliphatic hydroxyl groups excluding tert-OH is 2. The van der Waals surface area contributed by atoms with Gasteiger partial charge in [0.15, 0.2) is 6.23 Å². The van der Waals surface area contributed by atoms with E-state index in [2.05, 4.69) is 14.5 Å². The number of anilines is 1. The van der Waals surface area contributed by atoms with Gasteiger partial charge in [-0.25, -0.2) is 14.5 Å². The summed E-state index contributed by atoms with van der Waals surface area (Å²) in [6.07, 6.45) is -2.10. The maximum Gasteiger partial charge on any atom is 0.469 e. The normalized spacial score (nSPS) is 25.0. The molecule has 0 saturated carbocycles. The number of nitrogen functional groups attached to an aromatic ring is 1. The first-order valence-electron chi connectivity index (χ1n) is 8.64. The van der Waals surface area contributed by atoms with Crippen LogP contribution in [0.4, 0.5) is 5.82 Å². The number of aromatic nitrogens is 3. The standard InChI is InChI=1S/C17H19N4O7P/c18-15-12-10(9-4-2-1-3-5-9)6-21(16(12)20-8-19-15)17-14(23)13(22)11(28-17)7-27-29(24,25)26/h1-6,8,11,13-14,17,22-23H,7H2,(H2,18,19,20)(H2,24,25,26)/t11-,13?,14?,17-/m1/s1. The van der Waals surface area contributed by atoms with Crippen LogP contribution in [-0.2, 0) is 13.8 Å². The molecule has 154 valence electrons. The molecule has 0 aliphatic carbocycles. The van der Waals surface area contributed by atoms with Gasteiger partial charge in [-0.15, -0.1) is 0 Å². The molecule has 0 radical (unpaired) electrons. The van der Waals surface area contributed by atoms with E-state index in [9.17, 15) is 14.8 Å². The third kappa shape index (κ3) is 3.77. The quantitative estimate of drug-likeness (QED) is 0.362. The van der Waals surface area contributed by atoms with E-state index >= 15 is 0 Å². The minimum absolute atomic E-state index is 0.238. The van der Waals surface area contributed by atoms with Crippen LogP contribution < -0.4 is 5.73 Å². The predicted molar refractivity (Wildman–Crippen MR) is 101 cm³/mol. The van der Waals surface area contributed by atoms with Crippen molar-refractivity contribution in [1.82, 2.24) is 14.5 Å². The van der Waals surface area contributed by atoms with Gasteiger partial charge in [0.05, 0.1) is 12.0 Å². The van der Waals surface area contributed by atoms with Gasteiger partial charge in [-0.05, 0) is 5.56 Å². The van der Waals surface area contributed by atoms with Crippen molar-refractivity contribution in [2.45, 2.75) is 24.5 Å². The molecular formula is C17H19N4O7P. The molecule has 1 fully saturated rings. The molecule has 3 aromatic rings. The van der Waals surface area contributed by atoms with E-state index in [4.69, 9.17) is 20.3 Å². The molecule has 0 bridgehead atoms. The van der Waals surface area contributed by atoms with Crippen LogP contribution >= 0.6 is 7.82 Å². The van der Waals surface area contributed by atoms with Crippen molar-refractivity contribution >= 4 is 24.7 Å². The van der Waals surface area contributed by atoms with Gasteiger partial charge in [-0.3, -0.25) is 4.52 Å². The molecule has 1 aliphatic rings. The Hall–Kier alpha value is -2.37. The summed E-state index contributed by atoms with van der Waals surface area (Å²) >= 11 is 0. The number of benzene rings is 1. The van der Waals surface area contributed by atoms with Gasteiger partial charge in [-0.1, -0.05) is 30.3 Å². The zero-order chi connectivity index (χ0) is 20.8. The van der Waals surface area contributed by atoms with Crippen molar-refractivity contribution in [2.24, 2.45) is 0 Å². The number of ether oxygens (including phenoxy) is 1. The second kappa shape index (κ2) is 7.47. The number of nitrogens with zero attached hydrogens (tertiary/aromatic N) is 3. The molecule has 1 aromatic carbocycles. The third-order valence-electron chi connectivity index (χ3n) is 4.74. The third-order valence-corrected chi connectivity index (χ3v) is 5.23. The highest BCUT2D eigenvalue weighted by atomic mass is 31.2. The van der Waals surface area contributed by atoms with E-state index in [1.54, 1.807) is 6.20 Å². The smallest absolute Gasteiger partial charge is 0.387 e. The van der Waals surface area contributed by atoms with Crippen molar-refractivity contribution in [1.29, 1.82) is 0 Å². The number of hydrogen-bond acceptors (Lipinski definition) is 8. The van der Waals surface area contributed by atoms with Gasteiger partial charge in [-0.2, -0.15) is 0 Å². The molecule has 4 atom stereocenters. The Morgan fingerprint density at radius 3 is 2.59 bits per heavy atom. The number of rotatable bonds is 5. The summed E-state index contributed by atoms with van der Waals surface area (Å²) in [6.45, 7) is -0.596. The maximum atomic E-state index is 10.9. The van der Waals surface area contributed by atoms with Crippen LogP contribution in [0.2, 0.25) is 0 Å². The second-order valence-corrected chi connectivity index (χ2v) is 7.85. The largest absolute Gasteiger partial charge is 0.469 e. The molecule has 1 aliphatic heterocycles. The summed E-state index contributed by atoms with van der Waals surface area (Å²) < 4.78 is 22.5. The predicted octanol–water partition coefficient (Wildman–Crippen LogP) is 0.409. The first-order chi connectivity index (χ1) is 13.8. The zero-order valence-corrected chi connectivity index (χ0v) is 15.8. The highest BCUT2D eigenvalue weighted by Gasteiger charge is 2.45. The van der Waals surface area contributed by atoms with Gasteiger partial charge in [0.2, 0.25) is 0 Å². The Labute approximate surface area is 164 Å². The van der Waals surface area contributed by atoms with E-state index in [1.165, 1.54) is 10.9 Å². The van der Waals surface area contributed by atoms with Crippen LogP contribution in [-0.4, -0.2) is 59.5 Å². The molecule has 2 unspecified atom stereocenters. The Morgan fingerprint density at radius 1 is 1.17 bits per heavy atom. The minimum atomic E-state index is -4.75. The van der Waals surface area contributed by atoms with E-state index < -0.39 is 39.0 Å². The van der Waals surface area contributed by atoms with E-state index in [0.29, 0.717) is 16.6 Å². The van der Waals surface area contributed by atoms with Crippen molar-refractivity contribution < 1.29 is 33.8 Å². The second-order valence-electron chi connectivity index (χ2n) is 6.61. The van der Waals surface area contributed by atoms with Gasteiger partial charge in [0.25, 0.3) is 0 Å². The lowest BCUT2D eigenvalue weighted by molar-refractivity contribution is -0.0501. The monoisotopic (exact) mass is 422 g/mol. The number of fused-ring (bicyclic) bond motifs is 1. The summed E-state index contributed by atoms with van der Waals surface area (Å²) in [4.78, 5) is 26.0. The van der Waals surface area contributed by atoms with Gasteiger partial charge in [0.1, 0.15) is 36.1 Å². The summed E-state index contributed by atoms with van der Waals surface area (Å²) in [5.41, 5.74) is 7.99. The van der Waals surface area contributed by atoms with Crippen LogP contribution in [0.5, 0.6) is 0 Å². The summed E-state index contributed by atoms with van der Waals surface area (Å²) in [5, 5.41) is 21.3. The SMILES string of the molecule is Nc1ncnc2c1c(-c1ccccc1)cn2[C@@H]1O[C@H](COP(=O)(O)O)C(O)C1O. The highest BCUT2D eigenvalue weighted by Crippen LogP contribution is 2.40. The summed E-state index contributed by atoms with van der Waals surface area (Å²) in [6, 6.07) is 9.34. The molecule has 4 rings (SSSR count). The molecule has 12 heteroatoms. The molecular weight excluding hydrogens is 403 g/mol. The molecule has 29 heavy (non-hydrogen) atoms. The first-order valence-corrected chi connectivity index (χ1v) is 10.2. The fraction of sp³-hybridized carbons (Fsp3) is 0.294. The van der Waals surface area contributed by atoms with Gasteiger partial charge >= 0.3 is 7.82 Å². The molecule has 11 nitrogen and oxygen atoms in total. The topological polar surface area (TPSA) is 173 Å². The lowest BCUT2D eigenvalue weighted by atomic mass is 10.1. The highest BCUT2D eigenvalue weighted by molar-refractivity contribution is 7.46. The van der Waals surface area contributed by atoms with Crippen molar-refractivity contribution in [3.05, 3.63) is 42.9 Å². The molecule has 6 N–H and O–H groups in total. The zero-order valence-electron chi connectivity index (χ0n) is 14.9. The molecule has 2 aromatic heterocycles. The maximum absolute atomic E-state index is 10.9. The first kappa shape index (κ1) is 19.9. The Morgan fingerprint density at radius 2 is 1.90 bits per heavy atom. The lowest BCUT2D eigenvalue weighted by Gasteiger charge is -2.17. The van der Waals surface area contributed by atoms with Crippen LogP contribution in [0, 0.1) is 0 Å². The Kier molecular flexibility index (Phi) is 5.13. The lowest BCUT2D eigenvalue weighted by Crippen LogP contribution is -2.33. The number of phosphoric acid groups is 1. The minimum Gasteiger partial charge on any atom is -0.387 e. The van der Waals surface area contributed by atoms with Crippen molar-refractivity contribution in [2.75, 3.05) is 12.3 Å². The van der Waals surface area contributed by atoms with Crippen molar-refractivity contribution in [3.63, 3.8) is 0 Å². The fourth-order valence-corrected chi connectivity index (χ4v) is 3.75. The Balaban J connectivity index is 1.75. The van der Waals surface area contributed by atoms with Crippen LogP contribution in [0.1, 0.15) is 6.23 Å². The van der Waals surface area contributed by atoms with Crippen LogP contribution in [0.15, 0.2) is 42.9 Å². The molecule has 1 saturated heterocycles. The molecule has 3 heterocycles. The fourth-order valence-electron chi connectivity index (χ4n) is 3.41. The average molecular weight is 422 g/mol. The summed E-state index contributed by atoms with van der Waals surface area (Å²) in [7, 11) is -4.75.